The first-order valence-electron chi connectivity index (χ1n) is 7.61. The lowest BCUT2D eigenvalue weighted by Crippen LogP contribution is -2.19. The number of hydrogen-bond acceptors (Lipinski definition) is 5. The van der Waals surface area contributed by atoms with Crippen molar-refractivity contribution in [1.82, 2.24) is 4.98 Å². The molecule has 0 spiro atoms. The highest BCUT2D eigenvalue weighted by atomic mass is 32.2. The van der Waals surface area contributed by atoms with Crippen LogP contribution in [-0.4, -0.2) is 15.9 Å². The highest BCUT2D eigenvalue weighted by Gasteiger charge is 2.09. The second-order valence-electron chi connectivity index (χ2n) is 5.16. The molecule has 0 saturated carbocycles. The van der Waals surface area contributed by atoms with Crippen LogP contribution in [0.25, 0.3) is 0 Å². The van der Waals surface area contributed by atoms with Crippen molar-refractivity contribution >= 4 is 34.9 Å². The third-order valence-corrected chi connectivity index (χ3v) is 4.43. The maximum atomic E-state index is 12.2. The van der Waals surface area contributed by atoms with Crippen molar-refractivity contribution in [2.45, 2.75) is 9.79 Å². The first-order chi connectivity index (χ1) is 12.6. The molecule has 0 fully saturated rings. The van der Waals surface area contributed by atoms with E-state index in [1.807, 2.05) is 18.2 Å². The van der Waals surface area contributed by atoms with Crippen LogP contribution in [0.1, 0.15) is 0 Å². The number of aromatic nitrogens is 1. The minimum absolute atomic E-state index is 0.0393. The van der Waals surface area contributed by atoms with E-state index in [4.69, 9.17) is 0 Å². The van der Waals surface area contributed by atoms with E-state index in [9.17, 15) is 14.9 Å². The van der Waals surface area contributed by atoms with E-state index >= 15 is 0 Å². The van der Waals surface area contributed by atoms with Gasteiger partial charge in [-0.15, -0.1) is 0 Å². The van der Waals surface area contributed by atoms with Gasteiger partial charge in [0.15, 0.2) is 0 Å². The van der Waals surface area contributed by atoms with Gasteiger partial charge in [0.2, 0.25) is 0 Å². The average molecular weight is 366 g/mol. The molecular formula is C18H14N4O3S. The number of rotatable bonds is 5. The molecule has 0 saturated heterocycles. The summed E-state index contributed by atoms with van der Waals surface area (Å²) in [4.78, 5) is 28.0. The number of nitrogens with zero attached hydrogens (tertiary/aromatic N) is 2. The zero-order valence-electron chi connectivity index (χ0n) is 13.5. The number of carbonyl (C=O) groups is 1. The predicted octanol–water partition coefficient (Wildman–Crippen LogP) is 4.79. The van der Waals surface area contributed by atoms with Crippen molar-refractivity contribution in [1.29, 1.82) is 0 Å². The third kappa shape index (κ3) is 4.58. The number of carbonyl (C=O) groups excluding carboxylic acids is 1. The van der Waals surface area contributed by atoms with E-state index in [0.717, 1.165) is 9.79 Å². The fraction of sp³-hybridized carbons (Fsp3) is 0. The smallest absolute Gasteiger partial charge is 0.308 e. The zero-order valence-corrected chi connectivity index (χ0v) is 14.3. The van der Waals surface area contributed by atoms with E-state index < -0.39 is 4.92 Å². The summed E-state index contributed by atoms with van der Waals surface area (Å²) in [7, 11) is 0. The number of non-ortho nitro benzene ring substituents is 1. The highest BCUT2D eigenvalue weighted by molar-refractivity contribution is 7.99. The summed E-state index contributed by atoms with van der Waals surface area (Å²) >= 11 is 1.41. The Kier molecular flexibility index (Phi) is 5.45. The van der Waals surface area contributed by atoms with Gasteiger partial charge < -0.3 is 10.6 Å². The molecule has 2 aromatic carbocycles. The molecule has 3 aromatic rings. The molecule has 3 rings (SSSR count). The van der Waals surface area contributed by atoms with E-state index in [-0.39, 0.29) is 11.7 Å². The molecule has 8 heteroatoms. The molecule has 0 unspecified atom stereocenters. The number of benzene rings is 2. The summed E-state index contributed by atoms with van der Waals surface area (Å²) in [5.41, 5.74) is 1.32. The fourth-order valence-electron chi connectivity index (χ4n) is 2.14. The van der Waals surface area contributed by atoms with E-state index in [2.05, 4.69) is 15.6 Å². The summed E-state index contributed by atoms with van der Waals surface area (Å²) in [5, 5.41) is 16.3. The van der Waals surface area contributed by atoms with Gasteiger partial charge in [0, 0.05) is 40.0 Å². The lowest BCUT2D eigenvalue weighted by molar-refractivity contribution is -0.384. The standard InChI is InChI=1S/C18H14N4O3S/c23-18(20-13-9-11-19-12-10-13)21-16-3-1-2-4-17(16)26-15-7-5-14(6-8-15)22(24)25/h1-12H,(H2,19,20,21,23). The van der Waals surface area contributed by atoms with Crippen LogP contribution in [0.3, 0.4) is 0 Å². The number of pyridine rings is 1. The van der Waals surface area contributed by atoms with E-state index in [0.29, 0.717) is 11.4 Å². The Labute approximate surface area is 153 Å². The minimum atomic E-state index is -0.437. The molecule has 26 heavy (non-hydrogen) atoms. The molecule has 130 valence electrons. The first-order valence-corrected chi connectivity index (χ1v) is 8.43. The first kappa shape index (κ1) is 17.4. The topological polar surface area (TPSA) is 97.2 Å². The molecule has 2 N–H and O–H groups in total. The fourth-order valence-corrected chi connectivity index (χ4v) is 3.04. The largest absolute Gasteiger partial charge is 0.323 e. The van der Waals surface area contributed by atoms with Gasteiger partial charge >= 0.3 is 6.03 Å². The van der Waals surface area contributed by atoms with Gasteiger partial charge in [-0.3, -0.25) is 15.1 Å². The van der Waals surface area contributed by atoms with Crippen molar-refractivity contribution in [3.05, 3.63) is 83.2 Å². The number of nitrogens with one attached hydrogen (secondary N) is 2. The molecule has 0 radical (unpaired) electrons. The van der Waals surface area contributed by atoms with Crippen molar-refractivity contribution in [3.8, 4) is 0 Å². The molecule has 2 amide bonds. The summed E-state index contributed by atoms with van der Waals surface area (Å²) in [5.74, 6) is 0. The minimum Gasteiger partial charge on any atom is -0.308 e. The van der Waals surface area contributed by atoms with Gasteiger partial charge in [-0.2, -0.15) is 0 Å². The maximum absolute atomic E-state index is 12.2. The second-order valence-corrected chi connectivity index (χ2v) is 6.28. The van der Waals surface area contributed by atoms with Gasteiger partial charge in [-0.25, -0.2) is 4.79 Å². The van der Waals surface area contributed by atoms with Gasteiger partial charge in [0.25, 0.3) is 5.69 Å². The highest BCUT2D eigenvalue weighted by Crippen LogP contribution is 2.34. The number of nitro groups is 1. The monoisotopic (exact) mass is 366 g/mol. The van der Waals surface area contributed by atoms with Gasteiger partial charge in [-0.1, -0.05) is 23.9 Å². The molecule has 1 heterocycles. The van der Waals surface area contributed by atoms with Crippen LogP contribution in [-0.2, 0) is 0 Å². The third-order valence-electron chi connectivity index (χ3n) is 3.35. The lowest BCUT2D eigenvalue weighted by Gasteiger charge is -2.11. The van der Waals surface area contributed by atoms with Crippen LogP contribution in [0.5, 0.6) is 0 Å². The summed E-state index contributed by atoms with van der Waals surface area (Å²) in [6, 6.07) is 16.6. The number of para-hydroxylation sites is 1. The Hall–Kier alpha value is -3.39. The van der Waals surface area contributed by atoms with Crippen LogP contribution in [0.15, 0.2) is 82.8 Å². The molecule has 0 bridgehead atoms. The zero-order chi connectivity index (χ0) is 18.4. The molecule has 0 aliphatic rings. The number of hydrogen-bond donors (Lipinski definition) is 2. The van der Waals surface area contributed by atoms with Crippen LogP contribution in [0.4, 0.5) is 21.9 Å². The summed E-state index contributed by atoms with van der Waals surface area (Å²) in [6.45, 7) is 0. The van der Waals surface area contributed by atoms with Crippen molar-refractivity contribution in [3.63, 3.8) is 0 Å². The molecule has 1 aromatic heterocycles. The van der Waals surface area contributed by atoms with Crippen LogP contribution < -0.4 is 10.6 Å². The second kappa shape index (κ2) is 8.13. The normalized spacial score (nSPS) is 10.2. The molecular weight excluding hydrogens is 352 g/mol. The number of nitro benzene ring substituents is 1. The Bertz CT molecular complexity index is 917. The van der Waals surface area contributed by atoms with E-state index in [1.54, 1.807) is 42.7 Å². The van der Waals surface area contributed by atoms with Gasteiger partial charge in [0.1, 0.15) is 0 Å². The van der Waals surface area contributed by atoms with Crippen molar-refractivity contribution in [2.75, 3.05) is 10.6 Å². The van der Waals surface area contributed by atoms with Crippen molar-refractivity contribution in [2.24, 2.45) is 0 Å². The average Bonchev–Trinajstić information content (AvgIpc) is 2.64. The molecule has 0 aliphatic carbocycles. The predicted molar refractivity (Wildman–Crippen MR) is 101 cm³/mol. The molecule has 0 aliphatic heterocycles. The van der Waals surface area contributed by atoms with Crippen LogP contribution >= 0.6 is 11.8 Å². The Morgan fingerprint density at radius 1 is 0.962 bits per heavy atom. The summed E-state index contributed by atoms with van der Waals surface area (Å²) < 4.78 is 0. The summed E-state index contributed by atoms with van der Waals surface area (Å²) in [6.07, 6.45) is 3.18. The lowest BCUT2D eigenvalue weighted by atomic mass is 10.3. The van der Waals surface area contributed by atoms with Crippen LogP contribution in [0, 0.1) is 10.1 Å². The Morgan fingerprint density at radius 3 is 2.35 bits per heavy atom. The Morgan fingerprint density at radius 2 is 1.65 bits per heavy atom. The number of anilines is 2. The maximum Gasteiger partial charge on any atom is 0.323 e. The van der Waals surface area contributed by atoms with Gasteiger partial charge in [0.05, 0.1) is 10.6 Å². The molecule has 0 atom stereocenters. The van der Waals surface area contributed by atoms with Crippen molar-refractivity contribution < 1.29 is 9.72 Å². The Balaban J connectivity index is 1.71. The quantitative estimate of drug-likeness (QED) is 0.500. The SMILES string of the molecule is O=C(Nc1ccncc1)Nc1ccccc1Sc1ccc([N+](=O)[O-])cc1. The molecule has 7 nitrogen and oxygen atoms in total. The van der Waals surface area contributed by atoms with Crippen LogP contribution in [0.2, 0.25) is 0 Å². The van der Waals surface area contributed by atoms with E-state index in [1.165, 1.54) is 23.9 Å². The number of urea groups is 1. The van der Waals surface area contributed by atoms with Gasteiger partial charge in [-0.05, 0) is 36.4 Å². The number of amides is 2.